The summed E-state index contributed by atoms with van der Waals surface area (Å²) in [6.45, 7) is 0.114. The molecule has 1 unspecified atom stereocenters. The van der Waals surface area contributed by atoms with Crippen LogP contribution in [0.1, 0.15) is 6.42 Å². The average Bonchev–Trinajstić information content (AvgIpc) is 3.00. The third-order valence-electron chi connectivity index (χ3n) is 4.41. The van der Waals surface area contributed by atoms with Gasteiger partial charge in [0.1, 0.15) is 0 Å². The first kappa shape index (κ1) is 18.8. The van der Waals surface area contributed by atoms with Crippen molar-refractivity contribution in [3.05, 3.63) is 54.6 Å². The van der Waals surface area contributed by atoms with Crippen molar-refractivity contribution < 1.29 is 13.2 Å². The molecule has 0 aliphatic carbocycles. The number of carbonyl (C=O) groups is 1. The molecular formula is C19H22N2O3S2. The minimum atomic E-state index is -3.08. The fourth-order valence-electron chi connectivity index (χ4n) is 3.17. The zero-order valence-electron chi connectivity index (χ0n) is 14.6. The first-order valence-corrected chi connectivity index (χ1v) is 11.5. The van der Waals surface area contributed by atoms with Crippen molar-refractivity contribution in [1.82, 2.24) is 0 Å². The highest BCUT2D eigenvalue weighted by Gasteiger charge is 2.35. The molecule has 1 amide bonds. The van der Waals surface area contributed by atoms with E-state index in [1.807, 2.05) is 60.9 Å². The highest BCUT2D eigenvalue weighted by molar-refractivity contribution is 7.98. The average molecular weight is 391 g/mol. The molecule has 0 radical (unpaired) electrons. The summed E-state index contributed by atoms with van der Waals surface area (Å²) >= 11 is 1.61. The highest BCUT2D eigenvalue weighted by Crippen LogP contribution is 2.26. The Morgan fingerprint density at radius 1 is 1.15 bits per heavy atom. The topological polar surface area (TPSA) is 66.5 Å². The normalized spacial score (nSPS) is 18.4. The lowest BCUT2D eigenvalue weighted by Crippen LogP contribution is -2.44. The van der Waals surface area contributed by atoms with E-state index in [4.69, 9.17) is 0 Å². The molecule has 26 heavy (non-hydrogen) atoms. The molecule has 0 spiro atoms. The molecule has 2 aromatic rings. The molecule has 1 N–H and O–H groups in total. The van der Waals surface area contributed by atoms with Crippen LogP contribution in [0.25, 0.3) is 0 Å². The summed E-state index contributed by atoms with van der Waals surface area (Å²) in [5.74, 6) is 0.0284. The Hall–Kier alpha value is -1.99. The van der Waals surface area contributed by atoms with Gasteiger partial charge in [-0.15, -0.1) is 11.8 Å². The number of amides is 1. The van der Waals surface area contributed by atoms with Gasteiger partial charge in [-0.1, -0.05) is 30.3 Å². The van der Waals surface area contributed by atoms with E-state index in [2.05, 4.69) is 5.32 Å². The summed E-state index contributed by atoms with van der Waals surface area (Å²) in [6, 6.07) is 16.8. The zero-order chi connectivity index (χ0) is 18.6. The van der Waals surface area contributed by atoms with Crippen molar-refractivity contribution in [2.24, 2.45) is 0 Å². The molecule has 1 heterocycles. The summed E-state index contributed by atoms with van der Waals surface area (Å²) in [6.07, 6.45) is 2.46. The number of benzene rings is 2. The molecule has 138 valence electrons. The van der Waals surface area contributed by atoms with Crippen LogP contribution in [0, 0.1) is 0 Å². The lowest BCUT2D eigenvalue weighted by atomic mass is 10.1. The number of nitrogens with zero attached hydrogens (tertiary/aromatic N) is 1. The number of carbonyl (C=O) groups excluding carboxylic acids is 1. The van der Waals surface area contributed by atoms with Gasteiger partial charge in [-0.25, -0.2) is 8.42 Å². The van der Waals surface area contributed by atoms with Gasteiger partial charge in [-0.3, -0.25) is 4.79 Å². The fourth-order valence-corrected chi connectivity index (χ4v) is 5.45. The van der Waals surface area contributed by atoms with Gasteiger partial charge >= 0.3 is 0 Å². The van der Waals surface area contributed by atoms with E-state index >= 15 is 0 Å². The maximum absolute atomic E-state index is 13.0. The molecule has 0 bridgehead atoms. The van der Waals surface area contributed by atoms with Crippen LogP contribution in [-0.4, -0.2) is 44.7 Å². The van der Waals surface area contributed by atoms with Crippen LogP contribution in [0.4, 0.5) is 11.4 Å². The van der Waals surface area contributed by atoms with Gasteiger partial charge in [0.15, 0.2) is 9.84 Å². The second kappa shape index (κ2) is 8.14. The molecule has 1 fully saturated rings. The standard InChI is InChI=1S/C19H22N2O3S2/c1-25-18-10-6-5-9-17(18)20-13-19(22)21(15-7-3-2-4-8-15)16-11-12-26(23,24)14-16/h2-10,16,20H,11-14H2,1H3. The predicted molar refractivity (Wildman–Crippen MR) is 108 cm³/mol. The van der Waals surface area contributed by atoms with Crippen molar-refractivity contribution in [2.45, 2.75) is 17.4 Å². The minimum Gasteiger partial charge on any atom is -0.375 e. The second-order valence-electron chi connectivity index (χ2n) is 6.21. The van der Waals surface area contributed by atoms with Crippen molar-refractivity contribution in [3.8, 4) is 0 Å². The summed E-state index contributed by atoms with van der Waals surface area (Å²) in [7, 11) is -3.08. The number of para-hydroxylation sites is 2. The molecule has 5 nitrogen and oxygen atoms in total. The Labute approximate surface area is 158 Å². The molecule has 1 aliphatic heterocycles. The molecular weight excluding hydrogens is 368 g/mol. The number of rotatable bonds is 6. The molecule has 0 aromatic heterocycles. The summed E-state index contributed by atoms with van der Waals surface area (Å²) < 4.78 is 23.8. The number of hydrogen-bond acceptors (Lipinski definition) is 5. The highest BCUT2D eigenvalue weighted by atomic mass is 32.2. The van der Waals surface area contributed by atoms with Crippen LogP contribution < -0.4 is 10.2 Å². The quantitative estimate of drug-likeness (QED) is 0.768. The van der Waals surface area contributed by atoms with E-state index in [0.29, 0.717) is 6.42 Å². The van der Waals surface area contributed by atoms with Crippen molar-refractivity contribution in [3.63, 3.8) is 0 Å². The number of thioether (sulfide) groups is 1. The number of hydrogen-bond donors (Lipinski definition) is 1. The van der Waals surface area contributed by atoms with E-state index in [9.17, 15) is 13.2 Å². The predicted octanol–water partition coefficient (Wildman–Crippen LogP) is 3.04. The Morgan fingerprint density at radius 3 is 2.50 bits per heavy atom. The molecule has 1 atom stereocenters. The van der Waals surface area contributed by atoms with Crippen molar-refractivity contribution in [1.29, 1.82) is 0 Å². The van der Waals surface area contributed by atoms with E-state index in [1.165, 1.54) is 0 Å². The minimum absolute atomic E-state index is 0.0229. The Kier molecular flexibility index (Phi) is 5.88. The maximum Gasteiger partial charge on any atom is 0.246 e. The van der Waals surface area contributed by atoms with Gasteiger partial charge in [0.05, 0.1) is 24.1 Å². The van der Waals surface area contributed by atoms with Crippen LogP contribution in [-0.2, 0) is 14.6 Å². The monoisotopic (exact) mass is 390 g/mol. The van der Waals surface area contributed by atoms with Gasteiger partial charge in [-0.2, -0.15) is 0 Å². The zero-order valence-corrected chi connectivity index (χ0v) is 16.2. The first-order chi connectivity index (χ1) is 12.5. The van der Waals surface area contributed by atoms with Gasteiger partial charge in [0, 0.05) is 16.3 Å². The summed E-state index contributed by atoms with van der Waals surface area (Å²) in [4.78, 5) is 15.7. The number of anilines is 2. The van der Waals surface area contributed by atoms with Gasteiger partial charge in [0.2, 0.25) is 5.91 Å². The van der Waals surface area contributed by atoms with Crippen LogP contribution in [0.15, 0.2) is 59.5 Å². The number of nitrogens with one attached hydrogen (secondary N) is 1. The van der Waals surface area contributed by atoms with E-state index in [0.717, 1.165) is 16.3 Å². The third-order valence-corrected chi connectivity index (χ3v) is 6.96. The Balaban J connectivity index is 1.79. The van der Waals surface area contributed by atoms with Crippen LogP contribution in [0.5, 0.6) is 0 Å². The Morgan fingerprint density at radius 2 is 1.85 bits per heavy atom. The lowest BCUT2D eigenvalue weighted by Gasteiger charge is -2.29. The second-order valence-corrected chi connectivity index (χ2v) is 9.29. The van der Waals surface area contributed by atoms with Gasteiger partial charge < -0.3 is 10.2 Å². The fraction of sp³-hybridized carbons (Fsp3) is 0.316. The van der Waals surface area contributed by atoms with Crippen molar-refractivity contribution in [2.75, 3.05) is 34.5 Å². The van der Waals surface area contributed by atoms with Crippen LogP contribution >= 0.6 is 11.8 Å². The molecule has 0 saturated carbocycles. The third kappa shape index (κ3) is 4.40. The molecule has 1 saturated heterocycles. The lowest BCUT2D eigenvalue weighted by molar-refractivity contribution is -0.117. The van der Waals surface area contributed by atoms with Crippen LogP contribution in [0.2, 0.25) is 0 Å². The summed E-state index contributed by atoms with van der Waals surface area (Å²) in [5.41, 5.74) is 1.64. The van der Waals surface area contributed by atoms with E-state index in [-0.39, 0.29) is 30.0 Å². The Bertz CT molecular complexity index is 869. The molecule has 2 aromatic carbocycles. The maximum atomic E-state index is 13.0. The van der Waals surface area contributed by atoms with E-state index < -0.39 is 9.84 Å². The SMILES string of the molecule is CSc1ccccc1NCC(=O)N(c1ccccc1)C1CCS(=O)(=O)C1. The van der Waals surface area contributed by atoms with Crippen molar-refractivity contribution >= 4 is 38.9 Å². The molecule has 3 rings (SSSR count). The van der Waals surface area contributed by atoms with Crippen LogP contribution in [0.3, 0.4) is 0 Å². The van der Waals surface area contributed by atoms with E-state index in [1.54, 1.807) is 16.7 Å². The summed E-state index contributed by atoms with van der Waals surface area (Å²) in [5, 5.41) is 3.20. The first-order valence-electron chi connectivity index (χ1n) is 8.44. The van der Waals surface area contributed by atoms with Gasteiger partial charge in [0.25, 0.3) is 0 Å². The molecule has 7 heteroatoms. The molecule has 1 aliphatic rings. The largest absolute Gasteiger partial charge is 0.375 e. The number of sulfone groups is 1. The van der Waals surface area contributed by atoms with Gasteiger partial charge in [-0.05, 0) is 36.9 Å². The smallest absolute Gasteiger partial charge is 0.246 e.